The van der Waals surface area contributed by atoms with Gasteiger partial charge in [-0.2, -0.15) is 0 Å². The maximum absolute atomic E-state index is 10.9. The molecule has 0 aliphatic rings. The molecule has 1 aromatic carbocycles. The van der Waals surface area contributed by atoms with E-state index in [1.165, 1.54) is 6.92 Å². The summed E-state index contributed by atoms with van der Waals surface area (Å²) in [5.41, 5.74) is 1.77. The first-order valence-corrected chi connectivity index (χ1v) is 5.93. The van der Waals surface area contributed by atoms with E-state index in [4.69, 9.17) is 4.74 Å². The summed E-state index contributed by atoms with van der Waals surface area (Å²) in [6.45, 7) is 3.69. The molecule has 98 valence electrons. The lowest BCUT2D eigenvalue weighted by molar-refractivity contribution is -0.114. The van der Waals surface area contributed by atoms with E-state index in [9.17, 15) is 4.79 Å². The molecule has 1 amide bonds. The van der Waals surface area contributed by atoms with Gasteiger partial charge in [0.1, 0.15) is 6.61 Å². The van der Waals surface area contributed by atoms with E-state index >= 15 is 0 Å². The second-order valence-electron chi connectivity index (χ2n) is 4.10. The van der Waals surface area contributed by atoms with Crippen LogP contribution in [0.3, 0.4) is 0 Å². The summed E-state index contributed by atoms with van der Waals surface area (Å²) >= 11 is 0. The Bertz CT molecular complexity index is 570. The number of benzene rings is 1. The van der Waals surface area contributed by atoms with Crippen LogP contribution in [0.4, 0.5) is 5.95 Å². The maximum atomic E-state index is 10.9. The van der Waals surface area contributed by atoms with Crippen molar-refractivity contribution < 1.29 is 9.53 Å². The van der Waals surface area contributed by atoms with Crippen LogP contribution < -0.4 is 10.1 Å². The molecular weight excluding hydrogens is 242 g/mol. The number of rotatable bonds is 4. The first-order chi connectivity index (χ1) is 9.15. The van der Waals surface area contributed by atoms with E-state index < -0.39 is 0 Å². The highest BCUT2D eigenvalue weighted by molar-refractivity contribution is 5.86. The summed E-state index contributed by atoms with van der Waals surface area (Å²) in [5, 5.41) is 2.53. The molecule has 0 fully saturated rings. The van der Waals surface area contributed by atoms with Gasteiger partial charge in [-0.1, -0.05) is 30.3 Å². The lowest BCUT2D eigenvalue weighted by Crippen LogP contribution is -2.10. The highest BCUT2D eigenvalue weighted by Crippen LogP contribution is 2.17. The number of ether oxygens (including phenoxy) is 1. The van der Waals surface area contributed by atoms with Crippen molar-refractivity contribution in [1.29, 1.82) is 0 Å². The van der Waals surface area contributed by atoms with Gasteiger partial charge in [0.25, 0.3) is 0 Å². The number of amides is 1. The summed E-state index contributed by atoms with van der Waals surface area (Å²) in [4.78, 5) is 19.1. The molecule has 0 unspecified atom stereocenters. The molecule has 0 atom stereocenters. The van der Waals surface area contributed by atoms with E-state index in [1.807, 2.05) is 37.3 Å². The minimum Gasteiger partial charge on any atom is -0.485 e. The van der Waals surface area contributed by atoms with Crippen molar-refractivity contribution in [2.24, 2.45) is 0 Å². The fraction of sp³-hybridized carbons (Fsp3) is 0.214. The molecule has 0 saturated carbocycles. The lowest BCUT2D eigenvalue weighted by atomic mass is 10.2. The summed E-state index contributed by atoms with van der Waals surface area (Å²) in [6, 6.07) is 9.85. The predicted octanol–water partition coefficient (Wildman–Crippen LogP) is 2.32. The second kappa shape index (κ2) is 5.95. The number of carbonyl (C=O) groups excluding carboxylic acids is 1. The van der Waals surface area contributed by atoms with E-state index in [1.54, 1.807) is 6.20 Å². The van der Waals surface area contributed by atoms with Crippen LogP contribution >= 0.6 is 0 Å². The number of nitrogens with one attached hydrogen (secondary N) is 1. The molecule has 2 aromatic rings. The molecule has 1 aromatic heterocycles. The quantitative estimate of drug-likeness (QED) is 0.913. The minimum atomic E-state index is -0.197. The van der Waals surface area contributed by atoms with Crippen molar-refractivity contribution >= 4 is 11.9 Å². The van der Waals surface area contributed by atoms with E-state index in [-0.39, 0.29) is 11.9 Å². The molecule has 19 heavy (non-hydrogen) atoms. The Labute approximate surface area is 111 Å². The number of hydrogen-bond donors (Lipinski definition) is 1. The number of nitrogens with zero attached hydrogens (tertiary/aromatic N) is 2. The average Bonchev–Trinajstić information content (AvgIpc) is 2.38. The van der Waals surface area contributed by atoms with E-state index in [2.05, 4.69) is 15.3 Å². The van der Waals surface area contributed by atoms with Crippen LogP contribution in [0.15, 0.2) is 36.5 Å². The largest absolute Gasteiger partial charge is 0.485 e. The molecule has 0 bridgehead atoms. The Morgan fingerprint density at radius 2 is 2.05 bits per heavy atom. The van der Waals surface area contributed by atoms with Crippen LogP contribution in [0.1, 0.15) is 18.2 Å². The number of carbonyl (C=O) groups is 1. The number of aryl methyl sites for hydroxylation is 1. The fourth-order valence-electron chi connectivity index (χ4n) is 1.55. The van der Waals surface area contributed by atoms with Gasteiger partial charge in [0.05, 0.1) is 11.9 Å². The third-order valence-corrected chi connectivity index (χ3v) is 2.46. The maximum Gasteiger partial charge on any atom is 0.229 e. The molecule has 0 spiro atoms. The molecule has 0 aliphatic heterocycles. The van der Waals surface area contributed by atoms with Gasteiger partial charge in [0.15, 0.2) is 5.75 Å². The van der Waals surface area contributed by atoms with Crippen LogP contribution in [0, 0.1) is 6.92 Å². The number of hydrogen-bond acceptors (Lipinski definition) is 4. The lowest BCUT2D eigenvalue weighted by Gasteiger charge is -2.09. The van der Waals surface area contributed by atoms with E-state index in [0.717, 1.165) is 5.56 Å². The Hall–Kier alpha value is -2.43. The van der Waals surface area contributed by atoms with Gasteiger partial charge >= 0.3 is 0 Å². The summed E-state index contributed by atoms with van der Waals surface area (Å²) < 4.78 is 5.65. The standard InChI is InChI=1S/C14H15N3O2/c1-10-13(8-15-14(16-10)17-11(2)18)19-9-12-6-4-3-5-7-12/h3-8H,9H2,1-2H3,(H,15,16,17,18). The predicted molar refractivity (Wildman–Crippen MR) is 71.8 cm³/mol. The first kappa shape index (κ1) is 13.0. The Morgan fingerprint density at radius 3 is 2.68 bits per heavy atom. The van der Waals surface area contributed by atoms with Crippen molar-refractivity contribution in [2.45, 2.75) is 20.5 Å². The number of anilines is 1. The van der Waals surface area contributed by atoms with Gasteiger partial charge in [-0.05, 0) is 12.5 Å². The van der Waals surface area contributed by atoms with Gasteiger partial charge in [-0.3, -0.25) is 10.1 Å². The third-order valence-electron chi connectivity index (χ3n) is 2.46. The molecule has 5 nitrogen and oxygen atoms in total. The summed E-state index contributed by atoms with van der Waals surface area (Å²) in [6.07, 6.45) is 1.57. The molecule has 0 aliphatic carbocycles. The van der Waals surface area contributed by atoms with Gasteiger partial charge in [-0.25, -0.2) is 9.97 Å². The normalized spacial score (nSPS) is 10.0. The third kappa shape index (κ3) is 3.77. The first-order valence-electron chi connectivity index (χ1n) is 5.93. The van der Waals surface area contributed by atoms with Crippen molar-refractivity contribution in [3.05, 3.63) is 47.8 Å². The fourth-order valence-corrected chi connectivity index (χ4v) is 1.55. The van der Waals surface area contributed by atoms with Crippen LogP contribution in [0.2, 0.25) is 0 Å². The minimum absolute atomic E-state index is 0.197. The zero-order valence-corrected chi connectivity index (χ0v) is 10.9. The highest BCUT2D eigenvalue weighted by Gasteiger charge is 2.05. The Morgan fingerprint density at radius 1 is 1.32 bits per heavy atom. The SMILES string of the molecule is CC(=O)Nc1ncc(OCc2ccccc2)c(C)n1. The second-order valence-corrected chi connectivity index (χ2v) is 4.10. The summed E-state index contributed by atoms with van der Waals surface area (Å²) in [5.74, 6) is 0.701. The Kier molecular flexibility index (Phi) is 4.07. The van der Waals surface area contributed by atoms with Gasteiger partial charge in [0, 0.05) is 6.92 Å². The molecule has 0 saturated heterocycles. The summed E-state index contributed by atoms with van der Waals surface area (Å²) in [7, 11) is 0. The van der Waals surface area contributed by atoms with Crippen molar-refractivity contribution in [1.82, 2.24) is 9.97 Å². The zero-order valence-electron chi connectivity index (χ0n) is 10.9. The van der Waals surface area contributed by atoms with Gasteiger partial charge < -0.3 is 4.74 Å². The van der Waals surface area contributed by atoms with Gasteiger partial charge in [-0.15, -0.1) is 0 Å². The number of aromatic nitrogens is 2. The van der Waals surface area contributed by atoms with Crippen LogP contribution in [0.5, 0.6) is 5.75 Å². The molecule has 1 heterocycles. The van der Waals surface area contributed by atoms with Crippen molar-refractivity contribution in [3.8, 4) is 5.75 Å². The van der Waals surface area contributed by atoms with Gasteiger partial charge in [0.2, 0.25) is 11.9 Å². The topological polar surface area (TPSA) is 64.1 Å². The van der Waals surface area contributed by atoms with Crippen LogP contribution in [-0.4, -0.2) is 15.9 Å². The molecular formula is C14H15N3O2. The van der Waals surface area contributed by atoms with Crippen molar-refractivity contribution in [3.63, 3.8) is 0 Å². The zero-order chi connectivity index (χ0) is 13.7. The monoisotopic (exact) mass is 257 g/mol. The molecule has 5 heteroatoms. The van der Waals surface area contributed by atoms with Crippen LogP contribution in [0.25, 0.3) is 0 Å². The van der Waals surface area contributed by atoms with Crippen LogP contribution in [-0.2, 0) is 11.4 Å². The smallest absolute Gasteiger partial charge is 0.229 e. The molecule has 1 N–H and O–H groups in total. The average molecular weight is 257 g/mol. The Balaban J connectivity index is 2.03. The molecule has 2 rings (SSSR count). The van der Waals surface area contributed by atoms with E-state index in [0.29, 0.717) is 18.1 Å². The highest BCUT2D eigenvalue weighted by atomic mass is 16.5. The molecule has 0 radical (unpaired) electrons. The van der Waals surface area contributed by atoms with Crippen molar-refractivity contribution in [2.75, 3.05) is 5.32 Å².